The van der Waals surface area contributed by atoms with Crippen LogP contribution in [-0.4, -0.2) is 15.8 Å². The van der Waals surface area contributed by atoms with Crippen molar-refractivity contribution < 1.29 is 9.53 Å². The summed E-state index contributed by atoms with van der Waals surface area (Å²) in [6, 6.07) is 17.3. The van der Waals surface area contributed by atoms with Crippen LogP contribution in [0.5, 0.6) is 11.5 Å². The molecule has 0 saturated heterocycles. The first-order valence-corrected chi connectivity index (χ1v) is 7.06. The van der Waals surface area contributed by atoms with Crippen LogP contribution in [-0.2, 0) is 0 Å². The standard InChI is InChI=1S/C17H15N3O3/c1-12-15(23-14-10-6-3-7-11-14)16(21)20(19-12)17(22)18-13-8-4-2-5-9-13/h2-11,19H,1H3,(H,18,22). The number of hydrogen-bond donors (Lipinski definition) is 2. The van der Waals surface area contributed by atoms with Gasteiger partial charge in [-0.05, 0) is 31.2 Å². The lowest BCUT2D eigenvalue weighted by Gasteiger charge is -2.04. The summed E-state index contributed by atoms with van der Waals surface area (Å²) >= 11 is 0. The van der Waals surface area contributed by atoms with E-state index in [1.807, 2.05) is 12.1 Å². The number of aromatic amines is 1. The van der Waals surface area contributed by atoms with Crippen LogP contribution >= 0.6 is 0 Å². The average Bonchev–Trinajstić information content (AvgIpc) is 2.85. The van der Waals surface area contributed by atoms with Crippen LogP contribution in [0.25, 0.3) is 0 Å². The van der Waals surface area contributed by atoms with E-state index in [-0.39, 0.29) is 5.75 Å². The summed E-state index contributed by atoms with van der Waals surface area (Å²) in [7, 11) is 0. The first kappa shape index (κ1) is 14.6. The van der Waals surface area contributed by atoms with Crippen molar-refractivity contribution in [1.29, 1.82) is 0 Å². The maximum Gasteiger partial charge on any atom is 0.348 e. The number of para-hydroxylation sites is 2. The number of carbonyl (C=O) groups excluding carboxylic acids is 1. The summed E-state index contributed by atoms with van der Waals surface area (Å²) in [5.41, 5.74) is 0.532. The minimum atomic E-state index is -0.577. The first-order valence-electron chi connectivity index (χ1n) is 7.06. The molecular weight excluding hydrogens is 294 g/mol. The van der Waals surface area contributed by atoms with E-state index in [0.717, 1.165) is 4.68 Å². The molecule has 1 aromatic heterocycles. The Hall–Kier alpha value is -3.28. The van der Waals surface area contributed by atoms with Crippen molar-refractivity contribution in [2.45, 2.75) is 6.92 Å². The fraction of sp³-hybridized carbons (Fsp3) is 0.0588. The Morgan fingerprint density at radius 3 is 2.30 bits per heavy atom. The number of amides is 1. The van der Waals surface area contributed by atoms with Crippen molar-refractivity contribution in [2.24, 2.45) is 0 Å². The fourth-order valence-electron chi connectivity index (χ4n) is 2.10. The highest BCUT2D eigenvalue weighted by Crippen LogP contribution is 2.20. The zero-order valence-corrected chi connectivity index (χ0v) is 12.4. The van der Waals surface area contributed by atoms with E-state index in [4.69, 9.17) is 4.74 Å². The highest BCUT2D eigenvalue weighted by molar-refractivity contribution is 5.90. The maximum atomic E-state index is 12.4. The lowest BCUT2D eigenvalue weighted by molar-refractivity contribution is 0.250. The number of carbonyl (C=O) groups is 1. The SMILES string of the molecule is Cc1[nH]n(C(=O)Nc2ccccc2)c(=O)c1Oc1ccccc1. The summed E-state index contributed by atoms with van der Waals surface area (Å²) in [5.74, 6) is 0.627. The minimum absolute atomic E-state index is 0.0967. The third-order valence-corrected chi connectivity index (χ3v) is 3.21. The van der Waals surface area contributed by atoms with Gasteiger partial charge < -0.3 is 10.1 Å². The second-order valence-electron chi connectivity index (χ2n) is 4.92. The van der Waals surface area contributed by atoms with Gasteiger partial charge in [0.2, 0.25) is 5.75 Å². The molecule has 0 fully saturated rings. The molecule has 0 aliphatic rings. The number of benzene rings is 2. The number of rotatable bonds is 3. The average molecular weight is 309 g/mol. The summed E-state index contributed by atoms with van der Waals surface area (Å²) in [4.78, 5) is 24.6. The Balaban J connectivity index is 1.86. The van der Waals surface area contributed by atoms with Crippen LogP contribution < -0.4 is 15.6 Å². The van der Waals surface area contributed by atoms with E-state index in [1.165, 1.54) is 0 Å². The molecule has 0 radical (unpaired) electrons. The lowest BCUT2D eigenvalue weighted by atomic mass is 10.3. The minimum Gasteiger partial charge on any atom is -0.450 e. The number of hydrogen-bond acceptors (Lipinski definition) is 3. The molecule has 0 atom stereocenters. The summed E-state index contributed by atoms with van der Waals surface area (Å²) in [6.45, 7) is 1.67. The van der Waals surface area contributed by atoms with Gasteiger partial charge in [0.15, 0.2) is 0 Å². The molecule has 3 aromatic rings. The van der Waals surface area contributed by atoms with Gasteiger partial charge in [-0.1, -0.05) is 36.4 Å². The predicted molar refractivity (Wildman–Crippen MR) is 87.2 cm³/mol. The van der Waals surface area contributed by atoms with Gasteiger partial charge in [-0.15, -0.1) is 0 Å². The summed E-state index contributed by atoms with van der Waals surface area (Å²) < 4.78 is 6.47. The van der Waals surface area contributed by atoms with E-state index < -0.39 is 11.6 Å². The van der Waals surface area contributed by atoms with Gasteiger partial charge in [0.05, 0.1) is 5.69 Å². The van der Waals surface area contributed by atoms with E-state index in [9.17, 15) is 9.59 Å². The Kier molecular flexibility index (Phi) is 3.97. The maximum absolute atomic E-state index is 12.4. The molecule has 1 amide bonds. The molecule has 0 aliphatic carbocycles. The lowest BCUT2D eigenvalue weighted by Crippen LogP contribution is -2.29. The Bertz CT molecular complexity index is 867. The molecular formula is C17H15N3O3. The predicted octanol–water partition coefficient (Wildman–Crippen LogP) is 3.36. The Morgan fingerprint density at radius 2 is 1.65 bits per heavy atom. The van der Waals surface area contributed by atoms with Crippen LogP contribution in [0.3, 0.4) is 0 Å². The van der Waals surface area contributed by atoms with Crippen LogP contribution in [0.2, 0.25) is 0 Å². The van der Waals surface area contributed by atoms with Crippen LogP contribution in [0.15, 0.2) is 65.5 Å². The number of aryl methyl sites for hydroxylation is 1. The van der Waals surface area contributed by atoms with E-state index >= 15 is 0 Å². The van der Waals surface area contributed by atoms with Crippen LogP contribution in [0.4, 0.5) is 10.5 Å². The number of nitrogens with zero attached hydrogens (tertiary/aromatic N) is 1. The van der Waals surface area contributed by atoms with Gasteiger partial charge in [0, 0.05) is 5.69 Å². The van der Waals surface area contributed by atoms with Gasteiger partial charge in [0.1, 0.15) is 5.75 Å². The third-order valence-electron chi connectivity index (χ3n) is 3.21. The van der Waals surface area contributed by atoms with Gasteiger partial charge in [-0.3, -0.25) is 9.89 Å². The quantitative estimate of drug-likeness (QED) is 0.779. The van der Waals surface area contributed by atoms with Gasteiger partial charge in [-0.2, -0.15) is 4.68 Å². The molecule has 2 aromatic carbocycles. The molecule has 1 heterocycles. The summed E-state index contributed by atoms with van der Waals surface area (Å²) in [6.07, 6.45) is 0. The molecule has 116 valence electrons. The normalized spacial score (nSPS) is 10.3. The van der Waals surface area contributed by atoms with E-state index in [2.05, 4.69) is 10.4 Å². The number of ether oxygens (including phenoxy) is 1. The second-order valence-corrected chi connectivity index (χ2v) is 4.92. The van der Waals surface area contributed by atoms with Crippen molar-refractivity contribution in [3.05, 3.63) is 76.7 Å². The fourth-order valence-corrected chi connectivity index (χ4v) is 2.10. The molecule has 0 unspecified atom stereocenters. The largest absolute Gasteiger partial charge is 0.450 e. The molecule has 6 heteroatoms. The molecule has 0 saturated carbocycles. The molecule has 6 nitrogen and oxygen atoms in total. The molecule has 0 aliphatic heterocycles. The Labute approximate surface area is 132 Å². The topological polar surface area (TPSA) is 76.1 Å². The van der Waals surface area contributed by atoms with Crippen molar-refractivity contribution in [1.82, 2.24) is 9.78 Å². The van der Waals surface area contributed by atoms with Crippen molar-refractivity contribution in [2.75, 3.05) is 5.32 Å². The number of aromatic nitrogens is 2. The van der Waals surface area contributed by atoms with Crippen LogP contribution in [0.1, 0.15) is 5.69 Å². The smallest absolute Gasteiger partial charge is 0.348 e. The number of H-pyrrole nitrogens is 1. The highest BCUT2D eigenvalue weighted by atomic mass is 16.5. The first-order chi connectivity index (χ1) is 11.1. The second kappa shape index (κ2) is 6.23. The third kappa shape index (κ3) is 3.16. The molecule has 2 N–H and O–H groups in total. The zero-order chi connectivity index (χ0) is 16.2. The zero-order valence-electron chi connectivity index (χ0n) is 12.4. The Morgan fingerprint density at radius 1 is 1.04 bits per heavy atom. The highest BCUT2D eigenvalue weighted by Gasteiger charge is 2.18. The van der Waals surface area contributed by atoms with Crippen LogP contribution in [0, 0.1) is 6.92 Å². The molecule has 0 bridgehead atoms. The van der Waals surface area contributed by atoms with Crippen molar-refractivity contribution >= 4 is 11.7 Å². The van der Waals surface area contributed by atoms with Crippen molar-refractivity contribution in [3.63, 3.8) is 0 Å². The van der Waals surface area contributed by atoms with Gasteiger partial charge >= 0.3 is 11.6 Å². The monoisotopic (exact) mass is 309 g/mol. The van der Waals surface area contributed by atoms with Gasteiger partial charge in [0.25, 0.3) is 0 Å². The van der Waals surface area contributed by atoms with Gasteiger partial charge in [-0.25, -0.2) is 4.79 Å². The van der Waals surface area contributed by atoms with E-state index in [0.29, 0.717) is 17.1 Å². The number of nitrogens with one attached hydrogen (secondary N) is 2. The van der Waals surface area contributed by atoms with E-state index in [1.54, 1.807) is 55.5 Å². The summed E-state index contributed by atoms with van der Waals surface area (Å²) in [5, 5.41) is 5.36. The molecule has 23 heavy (non-hydrogen) atoms. The number of anilines is 1. The molecule has 3 rings (SSSR count). The molecule has 0 spiro atoms. The van der Waals surface area contributed by atoms with Crippen molar-refractivity contribution in [3.8, 4) is 11.5 Å².